The van der Waals surface area contributed by atoms with Crippen molar-refractivity contribution in [2.45, 2.75) is 33.2 Å². The molecule has 2 heterocycles. The van der Waals surface area contributed by atoms with Crippen molar-refractivity contribution in [3.63, 3.8) is 0 Å². The van der Waals surface area contributed by atoms with Crippen LogP contribution in [0.15, 0.2) is 42.6 Å². The number of rotatable bonds is 5. The fraction of sp³-hybridized carbons (Fsp3) is 0.375. The highest BCUT2D eigenvalue weighted by Crippen LogP contribution is 2.32. The maximum absolute atomic E-state index is 13.4. The summed E-state index contributed by atoms with van der Waals surface area (Å²) in [6.45, 7) is 10.9. The molecule has 1 atom stereocenters. The van der Waals surface area contributed by atoms with Crippen molar-refractivity contribution in [3.8, 4) is 0 Å². The number of hydrogen-bond acceptors (Lipinski definition) is 4. The molecule has 0 saturated carbocycles. The lowest BCUT2D eigenvalue weighted by molar-refractivity contribution is -0.110. The topological polar surface area (TPSA) is 47.6 Å². The van der Waals surface area contributed by atoms with Crippen LogP contribution in [-0.2, 0) is 4.79 Å². The molecule has 2 aromatic rings. The number of amides is 1. The number of carbonyl (C=O) groups excluding carboxylic acids is 1. The number of hydrogen-bond donors (Lipinski definition) is 2. The molecule has 0 bridgehead atoms. The van der Waals surface area contributed by atoms with Crippen LogP contribution in [0.1, 0.15) is 31.4 Å². The molecule has 5 nitrogen and oxygen atoms in total. The summed E-state index contributed by atoms with van der Waals surface area (Å²) >= 11 is 0. The minimum atomic E-state index is -0.362. The summed E-state index contributed by atoms with van der Waals surface area (Å²) in [6, 6.07) is 11.3. The van der Waals surface area contributed by atoms with Crippen LogP contribution in [-0.4, -0.2) is 43.0 Å². The third-order valence-corrected chi connectivity index (χ3v) is 6.21. The molecule has 1 unspecified atom stereocenters. The molecule has 1 amide bonds. The first-order valence-corrected chi connectivity index (χ1v) is 10.6. The normalized spacial score (nSPS) is 19.0. The van der Waals surface area contributed by atoms with Gasteiger partial charge in [-0.3, -0.25) is 9.69 Å². The average molecular weight is 409 g/mol. The van der Waals surface area contributed by atoms with E-state index in [9.17, 15) is 9.18 Å². The molecule has 1 saturated heterocycles. The predicted molar refractivity (Wildman–Crippen MR) is 121 cm³/mol. The van der Waals surface area contributed by atoms with E-state index in [1.165, 1.54) is 29.8 Å². The quantitative estimate of drug-likeness (QED) is 0.717. The maximum Gasteiger partial charge on any atom is 0.257 e. The van der Waals surface area contributed by atoms with Crippen LogP contribution in [0.25, 0.3) is 5.57 Å². The molecule has 6 heteroatoms. The zero-order valence-electron chi connectivity index (χ0n) is 17.8. The van der Waals surface area contributed by atoms with E-state index in [1.807, 2.05) is 6.07 Å². The van der Waals surface area contributed by atoms with E-state index in [4.69, 9.17) is 0 Å². The van der Waals surface area contributed by atoms with E-state index in [1.54, 1.807) is 12.3 Å². The summed E-state index contributed by atoms with van der Waals surface area (Å²) in [5.74, 6) is -0.588. The van der Waals surface area contributed by atoms with Crippen molar-refractivity contribution in [1.29, 1.82) is 0 Å². The zero-order valence-corrected chi connectivity index (χ0v) is 17.8. The number of benzene rings is 2. The maximum atomic E-state index is 13.4. The third kappa shape index (κ3) is 4.05. The Labute approximate surface area is 177 Å². The van der Waals surface area contributed by atoms with E-state index in [0.29, 0.717) is 22.9 Å². The Kier molecular flexibility index (Phi) is 5.77. The summed E-state index contributed by atoms with van der Waals surface area (Å²) < 4.78 is 13.4. The number of aryl methyl sites for hydroxylation is 1. The first-order valence-electron chi connectivity index (χ1n) is 10.6. The summed E-state index contributed by atoms with van der Waals surface area (Å²) in [4.78, 5) is 17.2. The van der Waals surface area contributed by atoms with Gasteiger partial charge in [-0.2, -0.15) is 0 Å². The van der Waals surface area contributed by atoms with Gasteiger partial charge in [0.05, 0.1) is 11.3 Å². The van der Waals surface area contributed by atoms with Crippen molar-refractivity contribution in [2.24, 2.45) is 0 Å². The molecule has 1 fully saturated rings. The van der Waals surface area contributed by atoms with Crippen molar-refractivity contribution < 1.29 is 9.18 Å². The molecular weight excluding hydrogens is 379 g/mol. The SMILES string of the molecule is CCC(C)N1CCN(c2ccc(NC=C3C(=O)Nc4cc(F)ccc43)cc2C)CC1. The molecule has 4 rings (SSSR count). The van der Waals surface area contributed by atoms with Crippen molar-refractivity contribution >= 4 is 28.5 Å². The summed E-state index contributed by atoms with van der Waals surface area (Å²) in [6.07, 6.45) is 2.88. The number of piperazine rings is 1. The molecule has 0 aliphatic carbocycles. The van der Waals surface area contributed by atoms with E-state index < -0.39 is 0 Å². The highest BCUT2D eigenvalue weighted by atomic mass is 19.1. The van der Waals surface area contributed by atoms with Gasteiger partial charge in [0.25, 0.3) is 5.91 Å². The van der Waals surface area contributed by atoms with Gasteiger partial charge in [0.2, 0.25) is 0 Å². The standard InChI is InChI=1S/C24H29FN4O/c1-4-17(3)28-9-11-29(12-10-28)23-8-6-19(13-16(23)2)26-15-21-20-7-5-18(25)14-22(20)27-24(21)30/h5-8,13-15,17,26H,4,9-12H2,1-3H3,(H,27,30). The zero-order chi connectivity index (χ0) is 21.3. The number of fused-ring (bicyclic) bond motifs is 1. The van der Waals surface area contributed by atoms with E-state index >= 15 is 0 Å². The summed E-state index contributed by atoms with van der Waals surface area (Å²) in [7, 11) is 0. The van der Waals surface area contributed by atoms with Crippen molar-refractivity contribution in [1.82, 2.24) is 4.90 Å². The highest BCUT2D eigenvalue weighted by molar-refractivity contribution is 6.31. The van der Waals surface area contributed by atoms with Crippen molar-refractivity contribution in [2.75, 3.05) is 41.7 Å². The molecule has 158 valence electrons. The first-order chi connectivity index (χ1) is 14.5. The second-order valence-corrected chi connectivity index (χ2v) is 8.13. The van der Waals surface area contributed by atoms with E-state index in [-0.39, 0.29) is 11.7 Å². The van der Waals surface area contributed by atoms with Gasteiger partial charge in [-0.1, -0.05) is 6.92 Å². The number of carbonyl (C=O) groups is 1. The summed E-state index contributed by atoms with van der Waals surface area (Å²) in [5, 5.41) is 5.94. The van der Waals surface area contributed by atoms with Crippen LogP contribution in [0.2, 0.25) is 0 Å². The van der Waals surface area contributed by atoms with Crippen LogP contribution in [0.4, 0.5) is 21.5 Å². The predicted octanol–water partition coefficient (Wildman–Crippen LogP) is 4.46. The number of halogens is 1. The monoisotopic (exact) mass is 408 g/mol. The third-order valence-electron chi connectivity index (χ3n) is 6.21. The van der Waals surface area contributed by atoms with E-state index in [0.717, 1.165) is 31.9 Å². The van der Waals surface area contributed by atoms with Crippen LogP contribution in [0, 0.1) is 12.7 Å². The number of nitrogens with one attached hydrogen (secondary N) is 2. The second-order valence-electron chi connectivity index (χ2n) is 8.13. The van der Waals surface area contributed by atoms with E-state index in [2.05, 4.69) is 53.3 Å². The van der Waals surface area contributed by atoms with Gasteiger partial charge in [0.1, 0.15) is 5.82 Å². The Balaban J connectivity index is 1.45. The fourth-order valence-corrected chi connectivity index (χ4v) is 4.23. The summed E-state index contributed by atoms with van der Waals surface area (Å²) in [5.41, 5.74) is 5.11. The Morgan fingerprint density at radius 1 is 1.17 bits per heavy atom. The van der Waals surface area contributed by atoms with Crippen LogP contribution in [0.3, 0.4) is 0 Å². The highest BCUT2D eigenvalue weighted by Gasteiger charge is 2.24. The lowest BCUT2D eigenvalue weighted by atomic mass is 10.1. The largest absolute Gasteiger partial charge is 0.369 e. The van der Waals surface area contributed by atoms with Crippen LogP contribution < -0.4 is 15.5 Å². The Hall–Kier alpha value is -2.86. The van der Waals surface area contributed by atoms with Crippen LogP contribution in [0.5, 0.6) is 0 Å². The molecule has 2 aliphatic heterocycles. The van der Waals surface area contributed by atoms with Gasteiger partial charge in [-0.15, -0.1) is 0 Å². The average Bonchev–Trinajstić information content (AvgIpc) is 3.05. The molecule has 30 heavy (non-hydrogen) atoms. The molecule has 2 aromatic carbocycles. The lowest BCUT2D eigenvalue weighted by Gasteiger charge is -2.39. The Morgan fingerprint density at radius 3 is 2.63 bits per heavy atom. The van der Waals surface area contributed by atoms with Gasteiger partial charge in [-0.25, -0.2) is 4.39 Å². The fourth-order valence-electron chi connectivity index (χ4n) is 4.23. The first kappa shape index (κ1) is 20.4. The smallest absolute Gasteiger partial charge is 0.257 e. The lowest BCUT2D eigenvalue weighted by Crippen LogP contribution is -2.49. The van der Waals surface area contributed by atoms with Crippen molar-refractivity contribution in [3.05, 3.63) is 59.5 Å². The van der Waals surface area contributed by atoms with Gasteiger partial charge >= 0.3 is 0 Å². The van der Waals surface area contributed by atoms with Gasteiger partial charge in [-0.05, 0) is 62.2 Å². The van der Waals surface area contributed by atoms with Gasteiger partial charge < -0.3 is 15.5 Å². The van der Waals surface area contributed by atoms with Crippen LogP contribution >= 0.6 is 0 Å². The van der Waals surface area contributed by atoms with Gasteiger partial charge in [0, 0.05) is 55.4 Å². The minimum Gasteiger partial charge on any atom is -0.369 e. The molecule has 0 aromatic heterocycles. The molecule has 2 N–H and O–H groups in total. The number of anilines is 3. The Bertz CT molecular complexity index is 979. The Morgan fingerprint density at radius 2 is 1.93 bits per heavy atom. The van der Waals surface area contributed by atoms with Gasteiger partial charge in [0.15, 0.2) is 0 Å². The minimum absolute atomic E-state index is 0.226. The molecule has 2 aliphatic rings. The molecule has 0 spiro atoms. The second kappa shape index (κ2) is 8.48. The molecular formula is C24H29FN4O. The molecule has 0 radical (unpaired) electrons. The number of nitrogens with zero attached hydrogens (tertiary/aromatic N) is 2.